The van der Waals surface area contributed by atoms with Crippen LogP contribution in [0.25, 0.3) is 5.69 Å². The second-order valence-electron chi connectivity index (χ2n) is 8.50. The van der Waals surface area contributed by atoms with E-state index in [0.717, 1.165) is 19.5 Å². The first-order chi connectivity index (χ1) is 14.4. The first kappa shape index (κ1) is 20.8. The number of hydrogen-bond acceptors (Lipinski definition) is 4. The highest BCUT2D eigenvalue weighted by Gasteiger charge is 2.33. The zero-order chi connectivity index (χ0) is 21.3. The molecule has 4 rings (SSSR count). The van der Waals surface area contributed by atoms with Crippen molar-refractivity contribution in [2.24, 2.45) is 11.8 Å². The molecule has 8 heteroatoms. The van der Waals surface area contributed by atoms with E-state index in [1.54, 1.807) is 24.0 Å². The fraction of sp³-hybridized carbons (Fsp3) is 0.545. The maximum atomic E-state index is 13.0. The molecule has 2 aliphatic heterocycles. The Bertz CT molecular complexity index is 935. The van der Waals surface area contributed by atoms with Gasteiger partial charge in [-0.05, 0) is 56.7 Å². The van der Waals surface area contributed by atoms with Crippen LogP contribution in [0.1, 0.15) is 48.8 Å². The lowest BCUT2D eigenvalue weighted by atomic mass is 9.92. The van der Waals surface area contributed by atoms with Crippen molar-refractivity contribution in [1.29, 1.82) is 0 Å². The first-order valence-corrected chi connectivity index (χ1v) is 11.1. The number of carbonyl (C=O) groups is 2. The summed E-state index contributed by atoms with van der Waals surface area (Å²) in [6.45, 7) is 6.87. The molecule has 3 heterocycles. The van der Waals surface area contributed by atoms with Crippen molar-refractivity contribution in [2.75, 3.05) is 26.2 Å². The summed E-state index contributed by atoms with van der Waals surface area (Å²) >= 11 is 6.05. The second-order valence-corrected chi connectivity index (χ2v) is 8.94. The van der Waals surface area contributed by atoms with Gasteiger partial charge in [0.25, 0.3) is 5.91 Å². The number of hydrogen-bond donors (Lipinski definition) is 0. The molecule has 0 spiro atoms. The van der Waals surface area contributed by atoms with Gasteiger partial charge in [-0.1, -0.05) is 24.6 Å². The van der Waals surface area contributed by atoms with Crippen LogP contribution in [-0.2, 0) is 4.79 Å². The van der Waals surface area contributed by atoms with Crippen molar-refractivity contribution in [3.05, 3.63) is 40.7 Å². The number of halogens is 1. The van der Waals surface area contributed by atoms with Gasteiger partial charge in [-0.3, -0.25) is 9.59 Å². The van der Waals surface area contributed by atoms with Gasteiger partial charge < -0.3 is 9.80 Å². The van der Waals surface area contributed by atoms with Crippen LogP contribution in [0.15, 0.2) is 24.3 Å². The summed E-state index contributed by atoms with van der Waals surface area (Å²) < 4.78 is 0. The number of likely N-dealkylation sites (tertiary alicyclic amines) is 2. The van der Waals surface area contributed by atoms with E-state index in [-0.39, 0.29) is 17.7 Å². The third-order valence-electron chi connectivity index (χ3n) is 6.12. The predicted octanol–water partition coefficient (Wildman–Crippen LogP) is 3.34. The van der Waals surface area contributed by atoms with E-state index in [1.807, 2.05) is 17.0 Å². The van der Waals surface area contributed by atoms with Crippen LogP contribution >= 0.6 is 11.6 Å². The van der Waals surface area contributed by atoms with E-state index in [2.05, 4.69) is 17.1 Å². The third kappa shape index (κ3) is 4.36. The van der Waals surface area contributed by atoms with E-state index in [1.165, 1.54) is 11.2 Å². The van der Waals surface area contributed by atoms with E-state index in [4.69, 9.17) is 11.6 Å². The number of aromatic nitrogens is 3. The summed E-state index contributed by atoms with van der Waals surface area (Å²) in [5, 5.41) is 9.39. The summed E-state index contributed by atoms with van der Waals surface area (Å²) in [4.78, 5) is 31.2. The molecule has 2 aromatic rings. The number of nitrogens with zero attached hydrogens (tertiary/aromatic N) is 5. The van der Waals surface area contributed by atoms with Gasteiger partial charge in [0.05, 0.1) is 11.4 Å². The number of piperidine rings is 2. The zero-order valence-electron chi connectivity index (χ0n) is 17.6. The highest BCUT2D eigenvalue weighted by Crippen LogP contribution is 2.25. The molecule has 1 unspecified atom stereocenters. The Balaban J connectivity index is 1.39. The van der Waals surface area contributed by atoms with E-state index < -0.39 is 0 Å². The molecular formula is C22H28ClN5O2. The number of benzene rings is 1. The number of amides is 2. The number of aryl methyl sites for hydroxylation is 1. The monoisotopic (exact) mass is 429 g/mol. The molecule has 160 valence electrons. The zero-order valence-corrected chi connectivity index (χ0v) is 18.3. The molecule has 2 fully saturated rings. The minimum atomic E-state index is -0.127. The van der Waals surface area contributed by atoms with Crippen molar-refractivity contribution < 1.29 is 9.59 Å². The first-order valence-electron chi connectivity index (χ1n) is 10.7. The van der Waals surface area contributed by atoms with E-state index in [0.29, 0.717) is 53.9 Å². The summed E-state index contributed by atoms with van der Waals surface area (Å²) in [7, 11) is 0. The van der Waals surface area contributed by atoms with Crippen molar-refractivity contribution in [3.8, 4) is 5.69 Å². The minimum Gasteiger partial charge on any atom is -0.342 e. The lowest BCUT2D eigenvalue weighted by Crippen LogP contribution is -2.47. The molecule has 30 heavy (non-hydrogen) atoms. The van der Waals surface area contributed by atoms with Gasteiger partial charge >= 0.3 is 0 Å². The van der Waals surface area contributed by atoms with Crippen LogP contribution in [0.2, 0.25) is 5.02 Å². The Hall–Kier alpha value is -2.41. The molecule has 2 aliphatic rings. The molecule has 1 aromatic carbocycles. The van der Waals surface area contributed by atoms with Gasteiger partial charge in [-0.15, -0.1) is 5.10 Å². The van der Waals surface area contributed by atoms with Crippen molar-refractivity contribution in [1.82, 2.24) is 24.8 Å². The molecule has 0 aliphatic carbocycles. The highest BCUT2D eigenvalue weighted by molar-refractivity contribution is 6.30. The summed E-state index contributed by atoms with van der Waals surface area (Å²) in [6, 6.07) is 7.21. The van der Waals surface area contributed by atoms with E-state index >= 15 is 0 Å². The quantitative estimate of drug-likeness (QED) is 0.750. The molecule has 0 radical (unpaired) electrons. The Kier molecular flexibility index (Phi) is 6.09. The van der Waals surface area contributed by atoms with Crippen LogP contribution in [0.4, 0.5) is 0 Å². The normalized spacial score (nSPS) is 20.4. The van der Waals surface area contributed by atoms with Crippen LogP contribution in [0.3, 0.4) is 0 Å². The standard InChI is InChI=1S/C22H28ClN5O2/c1-15-5-4-10-27(14-15)21(29)17-8-11-26(12-9-17)22(30)20-16(2)24-28(25-20)19-7-3-6-18(23)13-19/h3,6-7,13,15,17H,4-5,8-12,14H2,1-2H3. The largest absolute Gasteiger partial charge is 0.342 e. The Morgan fingerprint density at radius 2 is 1.83 bits per heavy atom. The van der Waals surface area contributed by atoms with Gasteiger partial charge in [-0.25, -0.2) is 0 Å². The second kappa shape index (κ2) is 8.76. The fourth-order valence-corrected chi connectivity index (χ4v) is 4.60. The lowest BCUT2D eigenvalue weighted by molar-refractivity contribution is -0.138. The Morgan fingerprint density at radius 3 is 2.53 bits per heavy atom. The van der Waals surface area contributed by atoms with Gasteiger partial charge in [-0.2, -0.15) is 9.90 Å². The molecule has 0 bridgehead atoms. The molecule has 2 saturated heterocycles. The van der Waals surface area contributed by atoms with Crippen molar-refractivity contribution in [2.45, 2.75) is 39.5 Å². The molecule has 0 saturated carbocycles. The van der Waals surface area contributed by atoms with E-state index in [9.17, 15) is 9.59 Å². The maximum Gasteiger partial charge on any atom is 0.276 e. The van der Waals surface area contributed by atoms with Crippen molar-refractivity contribution >= 4 is 23.4 Å². The number of rotatable bonds is 3. The molecule has 0 N–H and O–H groups in total. The average molecular weight is 430 g/mol. The summed E-state index contributed by atoms with van der Waals surface area (Å²) in [5.41, 5.74) is 1.65. The van der Waals surface area contributed by atoms with Gasteiger partial charge in [0.2, 0.25) is 5.91 Å². The SMILES string of the molecule is Cc1nn(-c2cccc(Cl)c2)nc1C(=O)N1CCC(C(=O)N2CCCC(C)C2)CC1. The predicted molar refractivity (Wildman–Crippen MR) is 115 cm³/mol. The Morgan fingerprint density at radius 1 is 1.07 bits per heavy atom. The Labute approximate surface area is 182 Å². The van der Waals surface area contributed by atoms with Crippen LogP contribution < -0.4 is 0 Å². The maximum absolute atomic E-state index is 13.0. The fourth-order valence-electron chi connectivity index (χ4n) is 4.42. The topological polar surface area (TPSA) is 71.3 Å². The third-order valence-corrected chi connectivity index (χ3v) is 6.36. The molecule has 1 aromatic heterocycles. The molecule has 1 atom stereocenters. The lowest BCUT2D eigenvalue weighted by Gasteiger charge is -2.37. The van der Waals surface area contributed by atoms with Crippen LogP contribution in [0.5, 0.6) is 0 Å². The molecule has 2 amide bonds. The van der Waals surface area contributed by atoms with Gasteiger partial charge in [0.1, 0.15) is 0 Å². The summed E-state index contributed by atoms with van der Waals surface area (Å²) in [5.74, 6) is 0.729. The summed E-state index contributed by atoms with van der Waals surface area (Å²) in [6.07, 6.45) is 3.70. The van der Waals surface area contributed by atoms with Crippen LogP contribution in [-0.4, -0.2) is 62.8 Å². The average Bonchev–Trinajstić information content (AvgIpc) is 3.14. The molecular weight excluding hydrogens is 402 g/mol. The molecule has 7 nitrogen and oxygen atoms in total. The van der Waals surface area contributed by atoms with Crippen molar-refractivity contribution in [3.63, 3.8) is 0 Å². The minimum absolute atomic E-state index is 0.0163. The van der Waals surface area contributed by atoms with Crippen LogP contribution in [0, 0.1) is 18.8 Å². The van der Waals surface area contributed by atoms with Gasteiger partial charge in [0.15, 0.2) is 5.69 Å². The number of carbonyl (C=O) groups excluding carboxylic acids is 2. The smallest absolute Gasteiger partial charge is 0.276 e. The van der Waals surface area contributed by atoms with Gasteiger partial charge in [0, 0.05) is 37.1 Å². The highest BCUT2D eigenvalue weighted by atomic mass is 35.5.